The first kappa shape index (κ1) is 9.12. The SMILES string of the molecule is Cc1[nH]cnc1C(=O)NCCS. The molecule has 1 rings (SSSR count). The van der Waals surface area contributed by atoms with E-state index in [0.717, 1.165) is 5.69 Å². The van der Waals surface area contributed by atoms with Crippen molar-refractivity contribution in [3.05, 3.63) is 17.7 Å². The van der Waals surface area contributed by atoms with Crippen LogP contribution in [0.25, 0.3) is 0 Å². The number of amides is 1. The van der Waals surface area contributed by atoms with Crippen LogP contribution in [-0.4, -0.2) is 28.2 Å². The van der Waals surface area contributed by atoms with Crippen LogP contribution in [0, 0.1) is 6.92 Å². The van der Waals surface area contributed by atoms with E-state index < -0.39 is 0 Å². The van der Waals surface area contributed by atoms with Crippen LogP contribution in [0.4, 0.5) is 0 Å². The number of H-pyrrole nitrogens is 1. The van der Waals surface area contributed by atoms with E-state index >= 15 is 0 Å². The van der Waals surface area contributed by atoms with Gasteiger partial charge in [0.1, 0.15) is 5.69 Å². The van der Waals surface area contributed by atoms with Crippen LogP contribution >= 0.6 is 12.6 Å². The summed E-state index contributed by atoms with van der Waals surface area (Å²) in [6, 6.07) is 0. The zero-order valence-electron chi connectivity index (χ0n) is 6.79. The van der Waals surface area contributed by atoms with Gasteiger partial charge < -0.3 is 10.3 Å². The molecule has 0 aliphatic rings. The summed E-state index contributed by atoms with van der Waals surface area (Å²) in [5.74, 6) is 0.484. The number of aromatic amines is 1. The van der Waals surface area contributed by atoms with E-state index in [4.69, 9.17) is 0 Å². The molecule has 0 aromatic carbocycles. The van der Waals surface area contributed by atoms with Gasteiger partial charge in [-0.05, 0) is 6.92 Å². The van der Waals surface area contributed by atoms with E-state index in [9.17, 15) is 4.79 Å². The number of rotatable bonds is 3. The highest BCUT2D eigenvalue weighted by atomic mass is 32.1. The molecule has 2 N–H and O–H groups in total. The number of imidazole rings is 1. The quantitative estimate of drug-likeness (QED) is 0.596. The van der Waals surface area contributed by atoms with Crippen molar-refractivity contribution in [2.24, 2.45) is 0 Å². The van der Waals surface area contributed by atoms with Gasteiger partial charge in [-0.3, -0.25) is 4.79 Å². The molecule has 0 radical (unpaired) electrons. The van der Waals surface area contributed by atoms with Gasteiger partial charge in [-0.15, -0.1) is 0 Å². The van der Waals surface area contributed by atoms with Crippen molar-refractivity contribution in [3.8, 4) is 0 Å². The third-order valence-corrected chi connectivity index (χ3v) is 1.67. The molecule has 1 aromatic heterocycles. The number of nitrogens with one attached hydrogen (secondary N) is 2. The van der Waals surface area contributed by atoms with Crippen LogP contribution in [0.1, 0.15) is 16.2 Å². The normalized spacial score (nSPS) is 9.83. The molecule has 0 fully saturated rings. The Labute approximate surface area is 76.2 Å². The maximum Gasteiger partial charge on any atom is 0.271 e. The fourth-order valence-electron chi connectivity index (χ4n) is 0.841. The molecule has 12 heavy (non-hydrogen) atoms. The second-order valence-electron chi connectivity index (χ2n) is 2.36. The standard InChI is InChI=1S/C7H11N3OS/c1-5-6(10-4-9-5)7(11)8-2-3-12/h4,12H,2-3H2,1H3,(H,8,11)(H,9,10). The van der Waals surface area contributed by atoms with Gasteiger partial charge in [-0.2, -0.15) is 12.6 Å². The zero-order chi connectivity index (χ0) is 8.97. The molecule has 1 aromatic rings. The van der Waals surface area contributed by atoms with E-state index in [0.29, 0.717) is 18.0 Å². The molecule has 0 saturated carbocycles. The highest BCUT2D eigenvalue weighted by molar-refractivity contribution is 7.80. The maximum atomic E-state index is 11.3. The summed E-state index contributed by atoms with van der Waals surface area (Å²) in [7, 11) is 0. The summed E-state index contributed by atoms with van der Waals surface area (Å²) >= 11 is 3.98. The second kappa shape index (κ2) is 4.15. The third-order valence-electron chi connectivity index (χ3n) is 1.44. The van der Waals surface area contributed by atoms with Crippen molar-refractivity contribution in [2.75, 3.05) is 12.3 Å². The van der Waals surface area contributed by atoms with E-state index in [1.807, 2.05) is 6.92 Å². The molecule has 0 bridgehead atoms. The number of nitrogens with zero attached hydrogens (tertiary/aromatic N) is 1. The molecule has 1 heterocycles. The van der Waals surface area contributed by atoms with Gasteiger partial charge in [-0.25, -0.2) is 4.98 Å². The van der Waals surface area contributed by atoms with Crippen molar-refractivity contribution in [1.82, 2.24) is 15.3 Å². The smallest absolute Gasteiger partial charge is 0.271 e. The van der Waals surface area contributed by atoms with Crippen molar-refractivity contribution < 1.29 is 4.79 Å². The van der Waals surface area contributed by atoms with Gasteiger partial charge in [0.25, 0.3) is 5.91 Å². The summed E-state index contributed by atoms with van der Waals surface area (Å²) in [6.07, 6.45) is 1.50. The van der Waals surface area contributed by atoms with Gasteiger partial charge in [0, 0.05) is 18.0 Å². The van der Waals surface area contributed by atoms with Crippen LogP contribution in [0.15, 0.2) is 6.33 Å². The van der Waals surface area contributed by atoms with Crippen molar-refractivity contribution in [3.63, 3.8) is 0 Å². The topological polar surface area (TPSA) is 57.8 Å². The van der Waals surface area contributed by atoms with Crippen LogP contribution in [-0.2, 0) is 0 Å². The molecule has 66 valence electrons. The Morgan fingerprint density at radius 2 is 2.58 bits per heavy atom. The summed E-state index contributed by atoms with van der Waals surface area (Å²) in [4.78, 5) is 18.0. The van der Waals surface area contributed by atoms with Gasteiger partial charge >= 0.3 is 0 Å². The summed E-state index contributed by atoms with van der Waals surface area (Å²) in [5, 5.41) is 2.68. The molecular formula is C7H11N3OS. The molecule has 0 atom stereocenters. The number of thiol groups is 1. The second-order valence-corrected chi connectivity index (χ2v) is 2.80. The Bertz CT molecular complexity index is 271. The number of aromatic nitrogens is 2. The number of carbonyl (C=O) groups excluding carboxylic acids is 1. The van der Waals surface area contributed by atoms with Gasteiger partial charge in [0.15, 0.2) is 0 Å². The lowest BCUT2D eigenvalue weighted by molar-refractivity contribution is 0.0951. The van der Waals surface area contributed by atoms with Crippen molar-refractivity contribution >= 4 is 18.5 Å². The Morgan fingerprint density at radius 3 is 3.08 bits per heavy atom. The lowest BCUT2D eigenvalue weighted by atomic mass is 10.3. The monoisotopic (exact) mass is 185 g/mol. The first-order valence-electron chi connectivity index (χ1n) is 3.64. The lowest BCUT2D eigenvalue weighted by Gasteiger charge is -1.99. The Hall–Kier alpha value is -0.970. The first-order valence-corrected chi connectivity index (χ1v) is 4.28. The fourth-order valence-corrected chi connectivity index (χ4v) is 0.953. The fraction of sp³-hybridized carbons (Fsp3) is 0.429. The van der Waals surface area contributed by atoms with Crippen LogP contribution in [0.2, 0.25) is 0 Å². The molecule has 1 amide bonds. The lowest BCUT2D eigenvalue weighted by Crippen LogP contribution is -2.26. The zero-order valence-corrected chi connectivity index (χ0v) is 7.69. The van der Waals surface area contributed by atoms with Gasteiger partial charge in [-0.1, -0.05) is 0 Å². The first-order chi connectivity index (χ1) is 5.75. The Morgan fingerprint density at radius 1 is 1.83 bits per heavy atom. The van der Waals surface area contributed by atoms with Crippen LogP contribution in [0.3, 0.4) is 0 Å². The molecule has 0 aliphatic heterocycles. The average molecular weight is 185 g/mol. The number of carbonyl (C=O) groups is 1. The average Bonchev–Trinajstić information content (AvgIpc) is 2.47. The highest BCUT2D eigenvalue weighted by Crippen LogP contribution is 1.98. The third kappa shape index (κ3) is 2.01. The number of hydrogen-bond acceptors (Lipinski definition) is 3. The largest absolute Gasteiger partial charge is 0.350 e. The summed E-state index contributed by atoms with van der Waals surface area (Å²) in [6.45, 7) is 2.37. The van der Waals surface area contributed by atoms with Gasteiger partial charge in [0.2, 0.25) is 0 Å². The molecule has 5 heteroatoms. The summed E-state index contributed by atoms with van der Waals surface area (Å²) < 4.78 is 0. The van der Waals surface area contributed by atoms with E-state index in [1.165, 1.54) is 6.33 Å². The van der Waals surface area contributed by atoms with Crippen molar-refractivity contribution in [1.29, 1.82) is 0 Å². The van der Waals surface area contributed by atoms with Gasteiger partial charge in [0.05, 0.1) is 6.33 Å². The van der Waals surface area contributed by atoms with E-state index in [2.05, 4.69) is 27.9 Å². The molecule has 4 nitrogen and oxygen atoms in total. The van der Waals surface area contributed by atoms with E-state index in [-0.39, 0.29) is 5.91 Å². The maximum absolute atomic E-state index is 11.3. The minimum atomic E-state index is -0.150. The molecule has 0 aliphatic carbocycles. The molecule has 0 spiro atoms. The molecule has 0 unspecified atom stereocenters. The predicted octanol–water partition coefficient (Wildman–Crippen LogP) is 0.378. The molecule has 0 saturated heterocycles. The van der Waals surface area contributed by atoms with Crippen LogP contribution in [0.5, 0.6) is 0 Å². The van der Waals surface area contributed by atoms with Crippen LogP contribution < -0.4 is 5.32 Å². The number of aryl methyl sites for hydroxylation is 1. The van der Waals surface area contributed by atoms with E-state index in [1.54, 1.807) is 0 Å². The predicted molar refractivity (Wildman–Crippen MR) is 49.5 cm³/mol. The van der Waals surface area contributed by atoms with Crippen molar-refractivity contribution in [2.45, 2.75) is 6.92 Å². The Kier molecular flexibility index (Phi) is 3.16. The summed E-state index contributed by atoms with van der Waals surface area (Å²) in [5.41, 5.74) is 1.24. The molecular weight excluding hydrogens is 174 g/mol. The minimum Gasteiger partial charge on any atom is -0.350 e. The Balaban J connectivity index is 2.59. The number of hydrogen-bond donors (Lipinski definition) is 3. The minimum absolute atomic E-state index is 0.150. The highest BCUT2D eigenvalue weighted by Gasteiger charge is 2.09.